The van der Waals surface area contributed by atoms with Crippen LogP contribution in [0.3, 0.4) is 0 Å². The average molecular weight is 679 g/mol. The summed E-state index contributed by atoms with van der Waals surface area (Å²) < 4.78 is 0. The third kappa shape index (κ3) is 3.10. The fraction of sp³-hybridized carbons (Fsp3) is 0.261. The minimum Gasteiger partial charge on any atom is -0.294 e. The second-order valence-corrected chi connectivity index (χ2v) is 16.6. The van der Waals surface area contributed by atoms with Gasteiger partial charge in [-0.25, -0.2) is 0 Å². The molecule has 2 aliphatic carbocycles. The zero-order valence-electron chi connectivity index (χ0n) is 30.2. The van der Waals surface area contributed by atoms with Crippen LogP contribution in [0.1, 0.15) is 63.8 Å². The molecule has 0 unspecified atom stereocenters. The van der Waals surface area contributed by atoms with E-state index in [0.29, 0.717) is 11.4 Å². The molecule has 2 amide bonds. The van der Waals surface area contributed by atoms with Gasteiger partial charge in [0.15, 0.2) is 10.8 Å². The summed E-state index contributed by atoms with van der Waals surface area (Å²) in [4.78, 5) is 33.2. The first-order valence-corrected chi connectivity index (χ1v) is 17.8. The van der Waals surface area contributed by atoms with Gasteiger partial charge >= 0.3 is 0 Å². The lowest BCUT2D eigenvalue weighted by atomic mass is 9.47. The normalized spacial score (nSPS) is 22.8. The van der Waals surface area contributed by atoms with E-state index in [4.69, 9.17) is 0 Å². The fourth-order valence-corrected chi connectivity index (χ4v) is 10.6. The van der Waals surface area contributed by atoms with Crippen molar-refractivity contribution in [2.75, 3.05) is 9.80 Å². The van der Waals surface area contributed by atoms with E-state index in [1.165, 1.54) is 0 Å². The lowest BCUT2D eigenvalue weighted by molar-refractivity contribution is -0.150. The van der Waals surface area contributed by atoms with Gasteiger partial charge in [-0.15, -0.1) is 0 Å². The molecule has 0 N–H and O–H groups in total. The number of rotatable bonds is 2. The van der Waals surface area contributed by atoms with Gasteiger partial charge in [-0.05, 0) is 79.6 Å². The minimum atomic E-state index is -1.39. The van der Waals surface area contributed by atoms with Crippen LogP contribution in [0.5, 0.6) is 0 Å². The molecule has 2 heterocycles. The zero-order valence-corrected chi connectivity index (χ0v) is 30.2. The summed E-state index contributed by atoms with van der Waals surface area (Å²) in [6.45, 7) is 11.8. The minimum absolute atomic E-state index is 0.256. The number of benzene rings is 5. The smallest absolute Gasteiger partial charge is 0.252 e. The first-order valence-electron chi connectivity index (χ1n) is 17.8. The monoisotopic (exact) mass is 678 g/mol. The summed E-state index contributed by atoms with van der Waals surface area (Å²) in [6.07, 6.45) is 0. The van der Waals surface area contributed by atoms with Crippen molar-refractivity contribution in [2.45, 2.75) is 52.6 Å². The Bertz CT molecular complexity index is 2220. The number of β-lactam (4-membered cyclic amide) rings is 2. The molecular weight excluding hydrogens is 641 g/mol. The van der Waals surface area contributed by atoms with Crippen LogP contribution in [-0.4, -0.2) is 11.8 Å². The third-order valence-corrected chi connectivity index (χ3v) is 12.6. The molecule has 5 aromatic carbocycles. The summed E-state index contributed by atoms with van der Waals surface area (Å²) in [6, 6.07) is 45.1. The summed E-state index contributed by atoms with van der Waals surface area (Å²) in [7, 11) is 0. The van der Waals surface area contributed by atoms with Crippen molar-refractivity contribution in [3.63, 3.8) is 0 Å². The van der Waals surface area contributed by atoms with E-state index in [9.17, 15) is 20.1 Å². The number of hydrogen-bond donors (Lipinski definition) is 0. The quantitative estimate of drug-likeness (QED) is 0.174. The van der Waals surface area contributed by atoms with Gasteiger partial charge in [-0.1, -0.05) is 139 Å². The van der Waals surface area contributed by atoms with E-state index in [0.717, 1.165) is 44.5 Å². The lowest BCUT2D eigenvalue weighted by Gasteiger charge is -2.66. The second kappa shape index (κ2) is 9.87. The SMILES string of the molecule is CC(C)(C)[C@]1(C#N)C(=O)N(c2ccc(N3C(=O)[C@@](C#N)(C(C)(C)C)C34c3ccccc3-c3ccccc34)cc2)C12c1ccccc1-c1ccccc12. The van der Waals surface area contributed by atoms with Crippen LogP contribution in [0.2, 0.25) is 0 Å². The maximum Gasteiger partial charge on any atom is 0.252 e. The Morgan fingerprint density at radius 2 is 0.692 bits per heavy atom. The summed E-state index contributed by atoms with van der Waals surface area (Å²) in [5.74, 6) is -0.513. The van der Waals surface area contributed by atoms with Crippen LogP contribution in [0.4, 0.5) is 11.4 Å². The lowest BCUT2D eigenvalue weighted by Crippen LogP contribution is -2.79. The van der Waals surface area contributed by atoms with E-state index >= 15 is 0 Å². The number of carbonyl (C=O) groups excluding carboxylic acids is 2. The zero-order chi connectivity index (χ0) is 36.6. The standard InChI is InChI=1S/C46H38N4O2/c1-41(2,3)43(27-47)39(51)49(45(43)35-19-11-7-15-31(35)32-16-8-12-20-36(32)45)29-23-25-30(26-24-29)50-40(52)44(28-48,42(4,5)6)46(50)37-21-13-9-17-33(37)34-18-10-14-22-38(34)46/h7-26H,1-6H3/t43-,44-/m0/s1. The predicted molar refractivity (Wildman–Crippen MR) is 202 cm³/mol. The first-order chi connectivity index (χ1) is 24.8. The number of carbonyl (C=O) groups is 2. The highest BCUT2D eigenvalue weighted by Crippen LogP contribution is 2.73. The molecule has 52 heavy (non-hydrogen) atoms. The van der Waals surface area contributed by atoms with Gasteiger partial charge in [0.2, 0.25) is 0 Å². The highest BCUT2D eigenvalue weighted by atomic mass is 16.2. The van der Waals surface area contributed by atoms with Crippen LogP contribution >= 0.6 is 0 Å². The largest absolute Gasteiger partial charge is 0.294 e. The predicted octanol–water partition coefficient (Wildman–Crippen LogP) is 9.34. The number of hydrogen-bond acceptors (Lipinski definition) is 4. The number of amides is 2. The van der Waals surface area contributed by atoms with Gasteiger partial charge in [0.1, 0.15) is 11.1 Å². The molecule has 254 valence electrons. The number of fused-ring (bicyclic) bond motifs is 10. The number of nitriles is 2. The van der Waals surface area contributed by atoms with Crippen molar-refractivity contribution in [1.29, 1.82) is 10.5 Å². The van der Waals surface area contributed by atoms with E-state index in [2.05, 4.69) is 36.4 Å². The van der Waals surface area contributed by atoms with Crippen LogP contribution < -0.4 is 9.80 Å². The molecule has 2 saturated heterocycles. The van der Waals surface area contributed by atoms with Crippen LogP contribution in [0.15, 0.2) is 121 Å². The topological polar surface area (TPSA) is 88.2 Å². The van der Waals surface area contributed by atoms with Crippen LogP contribution in [-0.2, 0) is 20.7 Å². The van der Waals surface area contributed by atoms with Crippen molar-refractivity contribution >= 4 is 23.2 Å². The van der Waals surface area contributed by atoms with Gasteiger partial charge < -0.3 is 0 Å². The Kier molecular flexibility index (Phi) is 6.07. The number of nitrogens with zero attached hydrogens (tertiary/aromatic N) is 4. The molecule has 0 saturated carbocycles. The highest BCUT2D eigenvalue weighted by molar-refractivity contribution is 6.16. The maximum absolute atomic E-state index is 14.8. The maximum atomic E-state index is 14.8. The molecule has 0 aromatic heterocycles. The Labute approximate surface area is 304 Å². The molecule has 2 aliphatic heterocycles. The van der Waals surface area contributed by atoms with Gasteiger partial charge in [-0.2, -0.15) is 10.5 Å². The van der Waals surface area contributed by atoms with E-state index in [1.807, 2.05) is 139 Å². The summed E-state index contributed by atoms with van der Waals surface area (Å²) in [5, 5.41) is 22.2. The van der Waals surface area contributed by atoms with Crippen molar-refractivity contribution < 1.29 is 9.59 Å². The second-order valence-electron chi connectivity index (χ2n) is 16.6. The van der Waals surface area contributed by atoms with E-state index < -0.39 is 32.7 Å². The molecule has 9 rings (SSSR count). The molecule has 2 spiro atoms. The molecular formula is C46H38N4O2. The van der Waals surface area contributed by atoms with Crippen molar-refractivity contribution in [3.05, 3.63) is 144 Å². The van der Waals surface area contributed by atoms with Crippen molar-refractivity contribution in [3.8, 4) is 34.4 Å². The number of anilines is 2. The van der Waals surface area contributed by atoms with E-state index in [1.54, 1.807) is 9.80 Å². The molecule has 0 radical (unpaired) electrons. The summed E-state index contributed by atoms with van der Waals surface area (Å²) in [5.41, 5.74) is 2.65. The van der Waals surface area contributed by atoms with Gasteiger partial charge in [0, 0.05) is 11.4 Å². The van der Waals surface area contributed by atoms with Crippen LogP contribution in [0.25, 0.3) is 22.3 Å². The molecule has 2 fully saturated rings. The molecule has 2 atom stereocenters. The Balaban J connectivity index is 1.25. The molecule has 4 aliphatic rings. The van der Waals surface area contributed by atoms with Gasteiger partial charge in [-0.3, -0.25) is 19.4 Å². The summed E-state index contributed by atoms with van der Waals surface area (Å²) >= 11 is 0. The van der Waals surface area contributed by atoms with Crippen molar-refractivity contribution in [2.24, 2.45) is 21.7 Å². The molecule has 6 heteroatoms. The van der Waals surface area contributed by atoms with Crippen molar-refractivity contribution in [1.82, 2.24) is 0 Å². The highest BCUT2D eigenvalue weighted by Gasteiger charge is 2.81. The molecule has 6 nitrogen and oxygen atoms in total. The molecule has 0 bridgehead atoms. The Morgan fingerprint density at radius 1 is 0.442 bits per heavy atom. The van der Waals surface area contributed by atoms with Gasteiger partial charge in [0.05, 0.1) is 12.1 Å². The Hall–Kier alpha value is -5.98. The fourth-order valence-electron chi connectivity index (χ4n) is 10.6. The first kappa shape index (κ1) is 32.0. The Morgan fingerprint density at radius 3 is 0.923 bits per heavy atom. The average Bonchev–Trinajstić information content (AvgIpc) is 3.60. The molecule has 5 aromatic rings. The van der Waals surface area contributed by atoms with Crippen LogP contribution in [0, 0.1) is 44.3 Å². The third-order valence-electron chi connectivity index (χ3n) is 12.6. The van der Waals surface area contributed by atoms with Gasteiger partial charge in [0.25, 0.3) is 11.8 Å². The van der Waals surface area contributed by atoms with E-state index in [-0.39, 0.29) is 11.8 Å².